The molecule has 0 aliphatic carbocycles. The zero-order chi connectivity index (χ0) is 13.4. The van der Waals surface area contributed by atoms with Gasteiger partial charge in [-0.25, -0.2) is 0 Å². The number of benzene rings is 1. The summed E-state index contributed by atoms with van der Waals surface area (Å²) in [7, 11) is 1.57. The van der Waals surface area contributed by atoms with E-state index in [1.807, 2.05) is 0 Å². The Morgan fingerprint density at radius 3 is 2.39 bits per heavy atom. The second-order valence-corrected chi connectivity index (χ2v) is 3.72. The number of hydrogen-bond acceptors (Lipinski definition) is 5. The Morgan fingerprint density at radius 2 is 1.89 bits per heavy atom. The van der Waals surface area contributed by atoms with Gasteiger partial charge in [0.25, 0.3) is 0 Å². The van der Waals surface area contributed by atoms with Crippen LogP contribution in [0, 0.1) is 0 Å². The molecule has 18 heavy (non-hydrogen) atoms. The number of amides is 1. The zero-order valence-electron chi connectivity index (χ0n) is 10.2. The van der Waals surface area contributed by atoms with E-state index in [-0.39, 0.29) is 25.7 Å². The molecule has 6 nitrogen and oxygen atoms in total. The topological polar surface area (TPSA) is 90.8 Å². The van der Waals surface area contributed by atoms with Gasteiger partial charge in [-0.05, 0) is 24.3 Å². The number of carbonyl (C=O) groups excluding carboxylic acids is 1. The highest BCUT2D eigenvalue weighted by Gasteiger charge is 2.08. The summed E-state index contributed by atoms with van der Waals surface area (Å²) in [4.78, 5) is 11.5. The van der Waals surface area contributed by atoms with E-state index in [1.54, 1.807) is 31.4 Å². The Morgan fingerprint density at radius 1 is 1.28 bits per heavy atom. The van der Waals surface area contributed by atoms with Gasteiger partial charge in [0, 0.05) is 5.69 Å². The first-order chi connectivity index (χ1) is 8.69. The Hall–Kier alpha value is -1.63. The summed E-state index contributed by atoms with van der Waals surface area (Å²) in [6.45, 7) is -0.406. The lowest BCUT2D eigenvalue weighted by atomic mass is 10.3. The molecular formula is C12H18N2O4. The fourth-order valence-electron chi connectivity index (χ4n) is 1.30. The maximum Gasteiger partial charge on any atom is 0.238 e. The molecule has 0 spiro atoms. The fraction of sp³-hybridized carbons (Fsp3) is 0.417. The highest BCUT2D eigenvalue weighted by atomic mass is 16.5. The molecule has 0 heterocycles. The molecule has 0 unspecified atom stereocenters. The zero-order valence-corrected chi connectivity index (χ0v) is 10.2. The molecule has 0 aliphatic rings. The molecule has 0 bridgehead atoms. The van der Waals surface area contributed by atoms with Gasteiger partial charge in [-0.2, -0.15) is 0 Å². The molecule has 0 saturated carbocycles. The van der Waals surface area contributed by atoms with Crippen LogP contribution < -0.4 is 15.4 Å². The van der Waals surface area contributed by atoms with E-state index in [4.69, 9.17) is 14.9 Å². The fourth-order valence-corrected chi connectivity index (χ4v) is 1.30. The number of rotatable bonds is 7. The minimum absolute atomic E-state index is 0.0256. The highest BCUT2D eigenvalue weighted by Crippen LogP contribution is 2.14. The molecule has 0 saturated heterocycles. The SMILES string of the molecule is COc1ccc(NC(=O)CNC(CO)CO)cc1. The molecule has 1 amide bonds. The summed E-state index contributed by atoms with van der Waals surface area (Å²) in [6, 6.07) is 6.46. The number of hydrogen-bond donors (Lipinski definition) is 4. The number of aliphatic hydroxyl groups is 2. The Balaban J connectivity index is 2.39. The first kappa shape index (κ1) is 14.4. The van der Waals surface area contributed by atoms with Crippen LogP contribution in [0.1, 0.15) is 0 Å². The summed E-state index contributed by atoms with van der Waals surface area (Å²) in [5, 5.41) is 23.0. The van der Waals surface area contributed by atoms with Crippen molar-refractivity contribution < 1.29 is 19.7 Å². The van der Waals surface area contributed by atoms with E-state index in [9.17, 15) is 4.79 Å². The average molecular weight is 254 g/mol. The normalized spacial score (nSPS) is 10.4. The first-order valence-electron chi connectivity index (χ1n) is 5.58. The smallest absolute Gasteiger partial charge is 0.238 e. The molecule has 1 aromatic carbocycles. The van der Waals surface area contributed by atoms with Crippen molar-refractivity contribution in [2.75, 3.05) is 32.2 Å². The monoisotopic (exact) mass is 254 g/mol. The van der Waals surface area contributed by atoms with E-state index in [1.165, 1.54) is 0 Å². The lowest BCUT2D eigenvalue weighted by molar-refractivity contribution is -0.115. The van der Waals surface area contributed by atoms with Crippen molar-refractivity contribution >= 4 is 11.6 Å². The Bertz CT molecular complexity index is 363. The van der Waals surface area contributed by atoms with Gasteiger partial charge in [-0.1, -0.05) is 0 Å². The van der Waals surface area contributed by atoms with Gasteiger partial charge < -0.3 is 25.6 Å². The van der Waals surface area contributed by atoms with Gasteiger partial charge in [0.1, 0.15) is 5.75 Å². The van der Waals surface area contributed by atoms with Crippen molar-refractivity contribution in [3.63, 3.8) is 0 Å². The van der Waals surface area contributed by atoms with Crippen LogP contribution in [-0.4, -0.2) is 49.0 Å². The minimum Gasteiger partial charge on any atom is -0.497 e. The van der Waals surface area contributed by atoms with E-state index in [0.717, 1.165) is 0 Å². The lowest BCUT2D eigenvalue weighted by Gasteiger charge is -2.13. The van der Waals surface area contributed by atoms with Crippen LogP contribution in [0.2, 0.25) is 0 Å². The lowest BCUT2D eigenvalue weighted by Crippen LogP contribution is -2.40. The van der Waals surface area contributed by atoms with Crippen LogP contribution in [0.4, 0.5) is 5.69 Å². The third-order valence-corrected chi connectivity index (χ3v) is 2.37. The van der Waals surface area contributed by atoms with E-state index in [0.29, 0.717) is 11.4 Å². The molecule has 6 heteroatoms. The Kier molecular flexibility index (Phi) is 6.13. The number of anilines is 1. The molecule has 0 atom stereocenters. The van der Waals surface area contributed by atoms with Gasteiger partial charge in [0.05, 0.1) is 32.9 Å². The summed E-state index contributed by atoms with van der Waals surface area (Å²) in [5.41, 5.74) is 0.659. The van der Waals surface area contributed by atoms with Crippen molar-refractivity contribution in [3.05, 3.63) is 24.3 Å². The van der Waals surface area contributed by atoms with Gasteiger partial charge in [0.15, 0.2) is 0 Å². The first-order valence-corrected chi connectivity index (χ1v) is 5.58. The number of ether oxygens (including phenoxy) is 1. The number of nitrogens with one attached hydrogen (secondary N) is 2. The molecule has 0 aliphatic heterocycles. The molecule has 100 valence electrons. The second-order valence-electron chi connectivity index (χ2n) is 3.72. The maximum atomic E-state index is 11.5. The molecule has 0 radical (unpaired) electrons. The maximum absolute atomic E-state index is 11.5. The molecule has 0 aromatic heterocycles. The molecule has 1 aromatic rings. The van der Waals surface area contributed by atoms with E-state index >= 15 is 0 Å². The van der Waals surface area contributed by atoms with Gasteiger partial charge in [0.2, 0.25) is 5.91 Å². The van der Waals surface area contributed by atoms with Crippen molar-refractivity contribution in [2.24, 2.45) is 0 Å². The van der Waals surface area contributed by atoms with Gasteiger partial charge in [-0.3, -0.25) is 4.79 Å². The number of aliphatic hydroxyl groups excluding tert-OH is 2. The predicted molar refractivity (Wildman–Crippen MR) is 67.6 cm³/mol. The quantitative estimate of drug-likeness (QED) is 0.530. The minimum atomic E-state index is -0.480. The second kappa shape index (κ2) is 7.65. The number of methoxy groups -OCH3 is 1. The summed E-state index contributed by atoms with van der Waals surface area (Å²) < 4.78 is 5.00. The van der Waals surface area contributed by atoms with Crippen LogP contribution >= 0.6 is 0 Å². The highest BCUT2D eigenvalue weighted by molar-refractivity contribution is 5.92. The summed E-state index contributed by atoms with van der Waals surface area (Å²) in [5.74, 6) is 0.471. The molecule has 1 rings (SSSR count). The van der Waals surface area contributed by atoms with Crippen LogP contribution in [0.3, 0.4) is 0 Å². The molecule has 0 fully saturated rings. The third-order valence-electron chi connectivity index (χ3n) is 2.37. The van der Waals surface area contributed by atoms with Gasteiger partial charge >= 0.3 is 0 Å². The van der Waals surface area contributed by atoms with Crippen LogP contribution in [-0.2, 0) is 4.79 Å². The number of carbonyl (C=O) groups is 1. The molecular weight excluding hydrogens is 236 g/mol. The van der Waals surface area contributed by atoms with E-state index < -0.39 is 6.04 Å². The van der Waals surface area contributed by atoms with Crippen LogP contribution in [0.5, 0.6) is 5.75 Å². The van der Waals surface area contributed by atoms with Crippen LogP contribution in [0.15, 0.2) is 24.3 Å². The third kappa shape index (κ3) is 4.70. The van der Waals surface area contributed by atoms with Crippen molar-refractivity contribution in [1.29, 1.82) is 0 Å². The standard InChI is InChI=1S/C12H18N2O4/c1-18-11-4-2-9(3-5-11)14-12(17)6-13-10(7-15)8-16/h2-5,10,13,15-16H,6-8H2,1H3,(H,14,17). The van der Waals surface area contributed by atoms with Crippen molar-refractivity contribution in [1.82, 2.24) is 5.32 Å². The van der Waals surface area contributed by atoms with Crippen molar-refractivity contribution in [2.45, 2.75) is 6.04 Å². The van der Waals surface area contributed by atoms with Crippen molar-refractivity contribution in [3.8, 4) is 5.75 Å². The summed E-state index contributed by atoms with van der Waals surface area (Å²) in [6.07, 6.45) is 0. The van der Waals surface area contributed by atoms with Gasteiger partial charge in [-0.15, -0.1) is 0 Å². The largest absolute Gasteiger partial charge is 0.497 e. The van der Waals surface area contributed by atoms with Crippen LogP contribution in [0.25, 0.3) is 0 Å². The summed E-state index contributed by atoms with van der Waals surface area (Å²) >= 11 is 0. The Labute approximate surface area is 106 Å². The van der Waals surface area contributed by atoms with E-state index in [2.05, 4.69) is 10.6 Å². The molecule has 4 N–H and O–H groups in total. The average Bonchev–Trinajstić information content (AvgIpc) is 2.41. The predicted octanol–water partition coefficient (Wildman–Crippen LogP) is -0.424.